The smallest absolute Gasteiger partial charge is 0.228 e. The fourth-order valence-corrected chi connectivity index (χ4v) is 4.77. The summed E-state index contributed by atoms with van der Waals surface area (Å²) in [7, 11) is 0. The first-order valence-electron chi connectivity index (χ1n) is 11.6. The average molecular weight is 442 g/mol. The van der Waals surface area contributed by atoms with Crippen LogP contribution in [0.5, 0.6) is 0 Å². The molecule has 5 heteroatoms. The number of rotatable bonds is 7. The second-order valence-electron chi connectivity index (χ2n) is 8.95. The van der Waals surface area contributed by atoms with E-state index in [1.165, 1.54) is 5.56 Å². The number of hydrogen-bond acceptors (Lipinski definition) is 3. The van der Waals surface area contributed by atoms with E-state index in [-0.39, 0.29) is 11.8 Å². The van der Waals surface area contributed by atoms with E-state index < -0.39 is 5.41 Å². The summed E-state index contributed by atoms with van der Waals surface area (Å²) >= 11 is 0. The molecule has 5 nitrogen and oxygen atoms in total. The average Bonchev–Trinajstić information content (AvgIpc) is 3.26. The summed E-state index contributed by atoms with van der Waals surface area (Å²) < 4.78 is 0. The van der Waals surface area contributed by atoms with Gasteiger partial charge in [0, 0.05) is 32.0 Å². The van der Waals surface area contributed by atoms with Crippen LogP contribution in [0.1, 0.15) is 30.0 Å². The lowest BCUT2D eigenvalue weighted by Gasteiger charge is -2.29. The zero-order chi connectivity index (χ0) is 23.3. The molecule has 1 aromatic heterocycles. The largest absolute Gasteiger partial charge is 0.356 e. The maximum Gasteiger partial charge on any atom is 0.228 e. The molecule has 2 heterocycles. The molecule has 1 N–H and O–H groups in total. The van der Waals surface area contributed by atoms with Crippen LogP contribution in [0.4, 0.5) is 0 Å². The zero-order valence-electron chi connectivity index (χ0n) is 19.4. The monoisotopic (exact) mass is 441 g/mol. The van der Waals surface area contributed by atoms with Gasteiger partial charge in [-0.05, 0) is 55.0 Å². The van der Waals surface area contributed by atoms with Gasteiger partial charge in [-0.3, -0.25) is 14.6 Å². The van der Waals surface area contributed by atoms with Gasteiger partial charge in [-0.2, -0.15) is 0 Å². The lowest BCUT2D eigenvalue weighted by Crippen LogP contribution is -2.45. The van der Waals surface area contributed by atoms with Crippen molar-refractivity contribution in [3.05, 3.63) is 89.7 Å². The number of amides is 2. The Kier molecular flexibility index (Phi) is 6.87. The highest BCUT2D eigenvalue weighted by molar-refractivity contribution is 5.86. The van der Waals surface area contributed by atoms with Crippen LogP contribution < -0.4 is 5.32 Å². The van der Waals surface area contributed by atoms with Gasteiger partial charge in [0.1, 0.15) is 0 Å². The van der Waals surface area contributed by atoms with Crippen molar-refractivity contribution in [1.29, 1.82) is 0 Å². The first kappa shape index (κ1) is 22.7. The molecule has 1 fully saturated rings. The van der Waals surface area contributed by atoms with E-state index in [1.54, 1.807) is 12.4 Å². The Morgan fingerprint density at radius 1 is 1.09 bits per heavy atom. The number of nitrogens with one attached hydrogen (secondary N) is 1. The molecule has 0 aliphatic carbocycles. The normalized spacial score (nSPS) is 17.7. The fraction of sp³-hybridized carbons (Fsp3) is 0.321. The van der Waals surface area contributed by atoms with Crippen LogP contribution in [-0.2, 0) is 22.4 Å². The first-order valence-corrected chi connectivity index (χ1v) is 11.6. The number of pyridine rings is 1. The lowest BCUT2D eigenvalue weighted by atomic mass is 9.78. The third kappa shape index (κ3) is 5.14. The molecule has 0 saturated carbocycles. The fourth-order valence-electron chi connectivity index (χ4n) is 4.77. The van der Waals surface area contributed by atoms with Crippen LogP contribution in [0, 0.1) is 12.3 Å². The van der Waals surface area contributed by atoms with Crippen molar-refractivity contribution in [2.45, 2.75) is 33.1 Å². The number of aromatic nitrogens is 1. The van der Waals surface area contributed by atoms with E-state index in [0.717, 1.165) is 22.3 Å². The zero-order valence-corrected chi connectivity index (χ0v) is 19.4. The van der Waals surface area contributed by atoms with E-state index in [4.69, 9.17) is 0 Å². The van der Waals surface area contributed by atoms with Crippen molar-refractivity contribution in [1.82, 2.24) is 15.2 Å². The minimum Gasteiger partial charge on any atom is -0.356 e. The van der Waals surface area contributed by atoms with E-state index in [1.807, 2.05) is 36.1 Å². The number of hydrogen-bond donors (Lipinski definition) is 1. The summed E-state index contributed by atoms with van der Waals surface area (Å²) in [6.45, 7) is 5.62. The molecular weight excluding hydrogens is 410 g/mol. The second kappa shape index (κ2) is 9.99. The molecule has 0 bridgehead atoms. The molecule has 2 amide bonds. The maximum atomic E-state index is 13.3. The van der Waals surface area contributed by atoms with Crippen molar-refractivity contribution < 1.29 is 9.59 Å². The number of benzene rings is 2. The third-order valence-electron chi connectivity index (χ3n) is 6.48. The molecular formula is C28H31N3O2. The molecule has 3 aromatic rings. The summed E-state index contributed by atoms with van der Waals surface area (Å²) in [6, 6.07) is 20.5. The van der Waals surface area contributed by atoms with Crippen LogP contribution in [0.15, 0.2) is 73.1 Å². The molecule has 1 unspecified atom stereocenters. The third-order valence-corrected chi connectivity index (χ3v) is 6.48. The highest BCUT2D eigenvalue weighted by Crippen LogP contribution is 2.38. The van der Waals surface area contributed by atoms with E-state index in [2.05, 4.69) is 53.6 Å². The molecule has 33 heavy (non-hydrogen) atoms. The number of carbonyl (C=O) groups excluding carboxylic acids is 2. The van der Waals surface area contributed by atoms with E-state index in [0.29, 0.717) is 38.9 Å². The molecule has 1 aliphatic rings. The van der Waals surface area contributed by atoms with Crippen LogP contribution in [-0.4, -0.2) is 41.3 Å². The Morgan fingerprint density at radius 3 is 2.70 bits per heavy atom. The van der Waals surface area contributed by atoms with Gasteiger partial charge in [0.25, 0.3) is 0 Å². The Bertz CT molecular complexity index is 1130. The maximum absolute atomic E-state index is 13.3. The molecule has 4 rings (SSSR count). The lowest BCUT2D eigenvalue weighted by molar-refractivity contribution is -0.132. The summed E-state index contributed by atoms with van der Waals surface area (Å²) in [5.41, 5.74) is 4.89. The van der Waals surface area contributed by atoms with Crippen LogP contribution >= 0.6 is 0 Å². The minimum atomic E-state index is -0.638. The van der Waals surface area contributed by atoms with Gasteiger partial charge in [-0.25, -0.2) is 0 Å². The van der Waals surface area contributed by atoms with Crippen molar-refractivity contribution in [2.75, 3.05) is 19.6 Å². The Hall–Kier alpha value is -3.47. The van der Waals surface area contributed by atoms with Crippen molar-refractivity contribution in [3.63, 3.8) is 0 Å². The molecule has 0 spiro atoms. The Morgan fingerprint density at radius 2 is 1.94 bits per heavy atom. The second-order valence-corrected chi connectivity index (χ2v) is 8.95. The summed E-state index contributed by atoms with van der Waals surface area (Å²) in [5.74, 6) is 0.0712. The van der Waals surface area contributed by atoms with Crippen LogP contribution in [0.2, 0.25) is 0 Å². The van der Waals surface area contributed by atoms with Gasteiger partial charge in [-0.1, -0.05) is 60.2 Å². The first-order chi connectivity index (χ1) is 16.0. The number of likely N-dealkylation sites (tertiary alicyclic amines) is 1. The Balaban J connectivity index is 1.61. The molecule has 1 aliphatic heterocycles. The molecule has 1 saturated heterocycles. The number of aryl methyl sites for hydroxylation is 1. The van der Waals surface area contributed by atoms with E-state index >= 15 is 0 Å². The van der Waals surface area contributed by atoms with Gasteiger partial charge in [-0.15, -0.1) is 0 Å². The summed E-state index contributed by atoms with van der Waals surface area (Å²) in [5, 5.41) is 3.04. The molecule has 1 atom stereocenters. The van der Waals surface area contributed by atoms with Crippen molar-refractivity contribution in [2.24, 2.45) is 5.41 Å². The molecule has 0 radical (unpaired) electrons. The topological polar surface area (TPSA) is 62.3 Å². The Labute approximate surface area is 195 Å². The SMILES string of the molecule is CCNC(=O)C1(Cc2ccccc2-c2cccc(C)c2)CCN(C(=O)Cc2cccnc2)C1. The summed E-state index contributed by atoms with van der Waals surface area (Å²) in [4.78, 5) is 32.3. The van der Waals surface area contributed by atoms with Crippen LogP contribution in [0.3, 0.4) is 0 Å². The quantitative estimate of drug-likeness (QED) is 0.598. The standard InChI is InChI=1S/C28H31N3O2/c1-3-30-27(33)28(13-15-31(20-28)26(32)17-22-9-7-14-29-19-22)18-24-10-4-5-12-25(24)23-11-6-8-21(2)16-23/h4-12,14,16,19H,3,13,15,17-18,20H2,1-2H3,(H,30,33). The summed E-state index contributed by atoms with van der Waals surface area (Å²) in [6.07, 6.45) is 4.98. The molecule has 170 valence electrons. The molecule has 2 aromatic carbocycles. The van der Waals surface area contributed by atoms with Crippen LogP contribution in [0.25, 0.3) is 11.1 Å². The highest BCUT2D eigenvalue weighted by atomic mass is 16.2. The minimum absolute atomic E-state index is 0.0284. The van der Waals surface area contributed by atoms with Gasteiger partial charge >= 0.3 is 0 Å². The number of carbonyl (C=O) groups is 2. The van der Waals surface area contributed by atoms with Gasteiger partial charge in [0.05, 0.1) is 11.8 Å². The number of nitrogens with zero attached hydrogens (tertiary/aromatic N) is 2. The van der Waals surface area contributed by atoms with Gasteiger partial charge in [0.15, 0.2) is 0 Å². The van der Waals surface area contributed by atoms with Crippen molar-refractivity contribution in [3.8, 4) is 11.1 Å². The predicted octanol–water partition coefficient (Wildman–Crippen LogP) is 4.20. The highest BCUT2D eigenvalue weighted by Gasteiger charge is 2.46. The van der Waals surface area contributed by atoms with Gasteiger partial charge in [0.2, 0.25) is 11.8 Å². The van der Waals surface area contributed by atoms with Gasteiger partial charge < -0.3 is 10.2 Å². The van der Waals surface area contributed by atoms with Crippen molar-refractivity contribution >= 4 is 11.8 Å². The van der Waals surface area contributed by atoms with E-state index in [9.17, 15) is 9.59 Å². The predicted molar refractivity (Wildman–Crippen MR) is 131 cm³/mol.